The number of nitrogens with one attached hydrogen (secondary N) is 2. The van der Waals surface area contributed by atoms with E-state index in [1.165, 1.54) is 38.2 Å². The molecule has 0 radical (unpaired) electrons. The zero-order chi connectivity index (χ0) is 15.9. The normalized spacial score (nSPS) is 18.3. The first-order valence-corrected chi connectivity index (χ1v) is 8.08. The van der Waals surface area contributed by atoms with Crippen molar-refractivity contribution in [1.29, 1.82) is 0 Å². The van der Waals surface area contributed by atoms with Gasteiger partial charge in [-0.3, -0.25) is 4.79 Å². The van der Waals surface area contributed by atoms with Gasteiger partial charge in [0, 0.05) is 12.1 Å². The van der Waals surface area contributed by atoms with E-state index in [9.17, 15) is 13.6 Å². The Kier molecular flexibility index (Phi) is 6.31. The maximum atomic E-state index is 13.6. The van der Waals surface area contributed by atoms with E-state index in [1.54, 1.807) is 6.92 Å². The predicted molar refractivity (Wildman–Crippen MR) is 83.7 cm³/mol. The number of rotatable bonds is 4. The molecular weight excluding hydrogens is 286 g/mol. The fourth-order valence-electron chi connectivity index (χ4n) is 2.88. The van der Waals surface area contributed by atoms with Gasteiger partial charge in [0.2, 0.25) is 5.91 Å². The molecule has 1 aliphatic carbocycles. The van der Waals surface area contributed by atoms with E-state index in [0.717, 1.165) is 25.0 Å². The third kappa shape index (κ3) is 5.05. The van der Waals surface area contributed by atoms with Crippen molar-refractivity contribution in [3.63, 3.8) is 0 Å². The largest absolute Gasteiger partial charge is 0.322 e. The van der Waals surface area contributed by atoms with Gasteiger partial charge >= 0.3 is 0 Å². The van der Waals surface area contributed by atoms with E-state index >= 15 is 0 Å². The van der Waals surface area contributed by atoms with E-state index in [-0.39, 0.29) is 11.6 Å². The molecule has 3 nitrogen and oxygen atoms in total. The molecule has 0 bridgehead atoms. The molecule has 1 aromatic carbocycles. The van der Waals surface area contributed by atoms with E-state index < -0.39 is 17.7 Å². The molecule has 0 saturated heterocycles. The highest BCUT2D eigenvalue weighted by atomic mass is 19.1. The summed E-state index contributed by atoms with van der Waals surface area (Å²) in [6, 6.07) is 3.06. The predicted octanol–water partition coefficient (Wildman–Crippen LogP) is 3.99. The molecular formula is C17H24F2N2O. The molecule has 1 atom stereocenters. The van der Waals surface area contributed by atoms with Crippen LogP contribution in [0.3, 0.4) is 0 Å². The van der Waals surface area contributed by atoms with Crippen LogP contribution in [0.2, 0.25) is 0 Å². The van der Waals surface area contributed by atoms with Crippen LogP contribution in [-0.2, 0) is 4.79 Å². The van der Waals surface area contributed by atoms with Gasteiger partial charge in [0.1, 0.15) is 11.6 Å². The van der Waals surface area contributed by atoms with E-state index in [1.807, 2.05) is 0 Å². The average molecular weight is 310 g/mol. The lowest BCUT2D eigenvalue weighted by atomic mass is 9.96. The zero-order valence-corrected chi connectivity index (χ0v) is 13.0. The minimum atomic E-state index is -0.758. The Balaban J connectivity index is 1.88. The molecule has 22 heavy (non-hydrogen) atoms. The Morgan fingerprint density at radius 2 is 1.77 bits per heavy atom. The number of carbonyl (C=O) groups excluding carboxylic acids is 1. The lowest BCUT2D eigenvalue weighted by molar-refractivity contribution is -0.118. The standard InChI is InChI=1S/C17H24F2N2O/c1-12(20-14-7-5-3-2-4-6-8-14)17(22)21-16-10-9-13(18)11-15(16)19/h9-12,14,20H,2-8H2,1H3,(H,21,22)/t12-/m0/s1. The van der Waals surface area contributed by atoms with E-state index in [0.29, 0.717) is 6.04 Å². The molecule has 0 heterocycles. The summed E-state index contributed by atoms with van der Waals surface area (Å²) in [6.45, 7) is 1.77. The van der Waals surface area contributed by atoms with Gasteiger partial charge in [-0.15, -0.1) is 0 Å². The molecule has 5 heteroatoms. The van der Waals surface area contributed by atoms with Crippen LogP contribution >= 0.6 is 0 Å². The zero-order valence-electron chi connectivity index (χ0n) is 13.0. The van der Waals surface area contributed by atoms with Crippen molar-refractivity contribution < 1.29 is 13.6 Å². The van der Waals surface area contributed by atoms with Crippen LogP contribution in [0.15, 0.2) is 18.2 Å². The Hall–Kier alpha value is -1.49. The smallest absolute Gasteiger partial charge is 0.241 e. The van der Waals surface area contributed by atoms with Crippen molar-refractivity contribution in [1.82, 2.24) is 5.32 Å². The molecule has 0 aromatic heterocycles. The molecule has 122 valence electrons. The fraction of sp³-hybridized carbons (Fsp3) is 0.588. The Morgan fingerprint density at radius 1 is 1.14 bits per heavy atom. The lowest BCUT2D eigenvalue weighted by Gasteiger charge is -2.24. The summed E-state index contributed by atoms with van der Waals surface area (Å²) in [5.41, 5.74) is 0.0118. The van der Waals surface area contributed by atoms with Crippen LogP contribution < -0.4 is 10.6 Å². The highest BCUT2D eigenvalue weighted by Gasteiger charge is 2.19. The maximum Gasteiger partial charge on any atom is 0.241 e. The van der Waals surface area contributed by atoms with Gasteiger partial charge in [0.15, 0.2) is 0 Å². The summed E-state index contributed by atoms with van der Waals surface area (Å²) < 4.78 is 26.4. The van der Waals surface area contributed by atoms with Gasteiger partial charge in [-0.2, -0.15) is 0 Å². The topological polar surface area (TPSA) is 41.1 Å². The van der Waals surface area contributed by atoms with Crippen LogP contribution in [0.4, 0.5) is 14.5 Å². The summed E-state index contributed by atoms with van der Waals surface area (Å²) in [4.78, 5) is 12.1. The number of anilines is 1. The molecule has 1 saturated carbocycles. The SMILES string of the molecule is C[C@H](NC1CCCCCCC1)C(=O)Nc1ccc(F)cc1F. The number of hydrogen-bond acceptors (Lipinski definition) is 2. The van der Waals surface area contributed by atoms with Gasteiger partial charge in [-0.05, 0) is 31.9 Å². The first kappa shape index (κ1) is 16.9. The Morgan fingerprint density at radius 3 is 2.41 bits per heavy atom. The summed E-state index contributed by atoms with van der Waals surface area (Å²) >= 11 is 0. The molecule has 1 fully saturated rings. The molecule has 0 aliphatic heterocycles. The minimum Gasteiger partial charge on any atom is -0.322 e. The van der Waals surface area contributed by atoms with Crippen molar-refractivity contribution in [3.05, 3.63) is 29.8 Å². The summed E-state index contributed by atoms with van der Waals surface area (Å²) in [5.74, 6) is -1.71. The van der Waals surface area contributed by atoms with Crippen molar-refractivity contribution >= 4 is 11.6 Å². The summed E-state index contributed by atoms with van der Waals surface area (Å²) in [7, 11) is 0. The quantitative estimate of drug-likeness (QED) is 0.882. The third-order valence-electron chi connectivity index (χ3n) is 4.17. The maximum absolute atomic E-state index is 13.6. The molecule has 1 aromatic rings. The van der Waals surface area contributed by atoms with Gasteiger partial charge < -0.3 is 10.6 Å². The second kappa shape index (κ2) is 8.22. The second-order valence-electron chi connectivity index (χ2n) is 6.04. The molecule has 0 unspecified atom stereocenters. The second-order valence-corrected chi connectivity index (χ2v) is 6.04. The van der Waals surface area contributed by atoms with Gasteiger partial charge in [0.05, 0.1) is 11.7 Å². The molecule has 1 aliphatic rings. The van der Waals surface area contributed by atoms with Crippen LogP contribution in [-0.4, -0.2) is 18.0 Å². The number of halogens is 2. The first-order valence-electron chi connectivity index (χ1n) is 8.08. The Labute approximate surface area is 130 Å². The summed E-state index contributed by atoms with van der Waals surface area (Å²) in [6.07, 6.45) is 8.30. The molecule has 2 rings (SSSR count). The number of carbonyl (C=O) groups is 1. The van der Waals surface area contributed by atoms with E-state index in [4.69, 9.17) is 0 Å². The van der Waals surface area contributed by atoms with Gasteiger partial charge in [-0.25, -0.2) is 8.78 Å². The average Bonchev–Trinajstić information content (AvgIpc) is 2.44. The minimum absolute atomic E-state index is 0.0118. The van der Waals surface area contributed by atoms with Gasteiger partial charge in [0.25, 0.3) is 0 Å². The van der Waals surface area contributed by atoms with Crippen molar-refractivity contribution in [2.75, 3.05) is 5.32 Å². The summed E-state index contributed by atoms with van der Waals surface area (Å²) in [5, 5.41) is 5.84. The molecule has 2 N–H and O–H groups in total. The van der Waals surface area contributed by atoms with Gasteiger partial charge in [-0.1, -0.05) is 32.1 Å². The van der Waals surface area contributed by atoms with Crippen LogP contribution in [0.1, 0.15) is 51.9 Å². The first-order chi connectivity index (χ1) is 10.6. The lowest BCUT2D eigenvalue weighted by Crippen LogP contribution is -2.44. The number of hydrogen-bond donors (Lipinski definition) is 2. The van der Waals surface area contributed by atoms with E-state index in [2.05, 4.69) is 10.6 Å². The fourth-order valence-corrected chi connectivity index (χ4v) is 2.88. The van der Waals surface area contributed by atoms with Crippen LogP contribution in [0.25, 0.3) is 0 Å². The van der Waals surface area contributed by atoms with Crippen LogP contribution in [0, 0.1) is 11.6 Å². The van der Waals surface area contributed by atoms with Crippen molar-refractivity contribution in [2.24, 2.45) is 0 Å². The number of benzene rings is 1. The van der Waals surface area contributed by atoms with Crippen molar-refractivity contribution in [3.8, 4) is 0 Å². The molecule has 0 spiro atoms. The van der Waals surface area contributed by atoms with Crippen LogP contribution in [0.5, 0.6) is 0 Å². The highest BCUT2D eigenvalue weighted by Crippen LogP contribution is 2.18. The number of amides is 1. The monoisotopic (exact) mass is 310 g/mol. The highest BCUT2D eigenvalue weighted by molar-refractivity contribution is 5.94. The third-order valence-corrected chi connectivity index (χ3v) is 4.17. The van der Waals surface area contributed by atoms with Crippen molar-refractivity contribution in [2.45, 2.75) is 64.0 Å². The Bertz CT molecular complexity index is 499. The molecule has 1 amide bonds.